The van der Waals surface area contributed by atoms with Crippen molar-refractivity contribution < 1.29 is 14.3 Å². The van der Waals surface area contributed by atoms with E-state index in [1.807, 2.05) is 17.0 Å². The lowest BCUT2D eigenvalue weighted by Crippen LogP contribution is -2.46. The molecule has 0 saturated carbocycles. The quantitative estimate of drug-likeness (QED) is 0.789. The van der Waals surface area contributed by atoms with Crippen molar-refractivity contribution in [2.45, 2.75) is 38.1 Å². The molecular formula is C19H25N3O3. The van der Waals surface area contributed by atoms with Crippen molar-refractivity contribution in [3.05, 3.63) is 36.2 Å². The van der Waals surface area contributed by atoms with E-state index in [1.54, 1.807) is 29.4 Å². The second-order valence-electron chi connectivity index (χ2n) is 6.57. The van der Waals surface area contributed by atoms with E-state index in [2.05, 4.69) is 4.98 Å². The Morgan fingerprint density at radius 1 is 1.20 bits per heavy atom. The molecule has 6 nitrogen and oxygen atoms in total. The van der Waals surface area contributed by atoms with Crippen molar-refractivity contribution in [1.29, 1.82) is 0 Å². The molecular weight excluding hydrogens is 318 g/mol. The summed E-state index contributed by atoms with van der Waals surface area (Å²) in [4.78, 5) is 32.2. The Morgan fingerprint density at radius 2 is 2.00 bits per heavy atom. The third-order valence-electron chi connectivity index (χ3n) is 4.78. The van der Waals surface area contributed by atoms with Crippen molar-refractivity contribution in [3.8, 4) is 0 Å². The van der Waals surface area contributed by atoms with E-state index in [4.69, 9.17) is 4.74 Å². The van der Waals surface area contributed by atoms with Gasteiger partial charge >= 0.3 is 6.09 Å². The first-order valence-corrected chi connectivity index (χ1v) is 9.04. The molecule has 0 spiro atoms. The fourth-order valence-corrected chi connectivity index (χ4v) is 3.36. The van der Waals surface area contributed by atoms with Crippen LogP contribution < -0.4 is 0 Å². The van der Waals surface area contributed by atoms with Crippen molar-refractivity contribution >= 4 is 18.1 Å². The number of likely N-dealkylation sites (tertiary alicyclic amines) is 2. The van der Waals surface area contributed by atoms with Crippen LogP contribution in [0.2, 0.25) is 0 Å². The molecule has 1 aromatic rings. The minimum absolute atomic E-state index is 0.0358. The summed E-state index contributed by atoms with van der Waals surface area (Å²) < 4.78 is 5.47. The van der Waals surface area contributed by atoms with Crippen LogP contribution in [0.5, 0.6) is 0 Å². The molecule has 1 atom stereocenters. The Balaban J connectivity index is 1.55. The molecule has 2 aliphatic rings. The second-order valence-corrected chi connectivity index (χ2v) is 6.57. The molecule has 3 rings (SSSR count). The number of ether oxygens (including phenoxy) is 1. The minimum atomic E-state index is -0.249. The number of aromatic nitrogens is 1. The summed E-state index contributed by atoms with van der Waals surface area (Å²) >= 11 is 0. The van der Waals surface area contributed by atoms with Crippen molar-refractivity contribution in [2.75, 3.05) is 26.2 Å². The van der Waals surface area contributed by atoms with Crippen LogP contribution in [-0.4, -0.2) is 59.1 Å². The number of carbonyl (C=O) groups is 2. The summed E-state index contributed by atoms with van der Waals surface area (Å²) in [5.41, 5.74) is 0.893. The van der Waals surface area contributed by atoms with Crippen LogP contribution >= 0.6 is 0 Å². The van der Waals surface area contributed by atoms with Crippen molar-refractivity contribution in [1.82, 2.24) is 14.8 Å². The number of nitrogens with zero attached hydrogens (tertiary/aromatic N) is 3. The first-order chi connectivity index (χ1) is 12.2. The largest absolute Gasteiger partial charge is 0.447 e. The zero-order valence-corrected chi connectivity index (χ0v) is 14.5. The Bertz CT molecular complexity index is 612. The number of pyridine rings is 1. The molecule has 2 fully saturated rings. The van der Waals surface area contributed by atoms with E-state index in [0.29, 0.717) is 6.54 Å². The van der Waals surface area contributed by atoms with Gasteiger partial charge in [-0.3, -0.25) is 9.78 Å². The lowest BCUT2D eigenvalue weighted by Gasteiger charge is -2.35. The van der Waals surface area contributed by atoms with Crippen LogP contribution in [-0.2, 0) is 9.53 Å². The number of hydrogen-bond donors (Lipinski definition) is 0. The molecule has 2 amide bonds. The Hall–Kier alpha value is -2.37. The molecule has 0 aromatic carbocycles. The highest BCUT2D eigenvalue weighted by atomic mass is 16.6. The Morgan fingerprint density at radius 3 is 2.76 bits per heavy atom. The molecule has 0 radical (unpaired) electrons. The summed E-state index contributed by atoms with van der Waals surface area (Å²) in [7, 11) is 0. The van der Waals surface area contributed by atoms with Gasteiger partial charge in [-0.1, -0.05) is 6.07 Å². The van der Waals surface area contributed by atoms with Crippen LogP contribution in [0.3, 0.4) is 0 Å². The van der Waals surface area contributed by atoms with Gasteiger partial charge in [-0.25, -0.2) is 4.79 Å². The molecule has 0 bridgehead atoms. The topological polar surface area (TPSA) is 62.7 Å². The number of amides is 2. The summed E-state index contributed by atoms with van der Waals surface area (Å²) in [5.74, 6) is -0.0363. The van der Waals surface area contributed by atoms with Gasteiger partial charge in [0.15, 0.2) is 0 Å². The molecule has 2 aliphatic heterocycles. The zero-order valence-electron chi connectivity index (χ0n) is 14.5. The first kappa shape index (κ1) is 17.5. The van der Waals surface area contributed by atoms with Crippen LogP contribution in [0.4, 0.5) is 4.79 Å². The van der Waals surface area contributed by atoms with Gasteiger partial charge in [0.1, 0.15) is 6.61 Å². The predicted octanol–water partition coefficient (Wildman–Crippen LogP) is 2.71. The first-order valence-electron chi connectivity index (χ1n) is 9.04. The maximum atomic E-state index is 12.6. The average Bonchev–Trinajstić information content (AvgIpc) is 3.20. The van der Waals surface area contributed by atoms with Gasteiger partial charge in [0, 0.05) is 38.1 Å². The fourth-order valence-electron chi connectivity index (χ4n) is 3.36. The second kappa shape index (κ2) is 8.65. The normalized spacial score (nSPS) is 20.9. The highest BCUT2D eigenvalue weighted by Crippen LogP contribution is 2.19. The lowest BCUT2D eigenvalue weighted by atomic mass is 10.0. The predicted molar refractivity (Wildman–Crippen MR) is 94.8 cm³/mol. The molecule has 2 saturated heterocycles. The van der Waals surface area contributed by atoms with Gasteiger partial charge in [-0.15, -0.1) is 0 Å². The molecule has 6 heteroatoms. The van der Waals surface area contributed by atoms with Gasteiger partial charge in [0.25, 0.3) is 0 Å². The summed E-state index contributed by atoms with van der Waals surface area (Å²) in [6.45, 7) is 2.55. The molecule has 0 N–H and O–H groups in total. The van der Waals surface area contributed by atoms with E-state index in [-0.39, 0.29) is 24.6 Å². The van der Waals surface area contributed by atoms with E-state index in [0.717, 1.165) is 50.8 Å². The van der Waals surface area contributed by atoms with Crippen LogP contribution in [0.15, 0.2) is 30.6 Å². The monoisotopic (exact) mass is 343 g/mol. The number of piperidine rings is 1. The molecule has 134 valence electrons. The molecule has 1 aromatic heterocycles. The summed E-state index contributed by atoms with van der Waals surface area (Å²) in [6.07, 6.45) is 11.5. The Labute approximate surface area is 148 Å². The van der Waals surface area contributed by atoms with Gasteiger partial charge < -0.3 is 14.5 Å². The zero-order chi connectivity index (χ0) is 17.5. The highest BCUT2D eigenvalue weighted by molar-refractivity contribution is 5.92. The number of carbonyl (C=O) groups excluding carboxylic acids is 2. The lowest BCUT2D eigenvalue weighted by molar-refractivity contribution is -0.130. The standard InChI is InChI=1S/C19H25N3O3/c23-18(9-8-16-6-5-10-20-14-16)22-13-2-1-7-17(22)15-25-19(24)21-11-3-4-12-21/h5-6,8-10,14,17H,1-4,7,11-13,15H2/b9-8+. The Kier molecular flexibility index (Phi) is 6.04. The van der Waals surface area contributed by atoms with Crippen LogP contribution in [0, 0.1) is 0 Å². The fraction of sp³-hybridized carbons (Fsp3) is 0.526. The SMILES string of the molecule is O=C(OCC1CCCCN1C(=O)/C=C/c1cccnc1)N1CCCC1. The summed E-state index contributed by atoms with van der Waals surface area (Å²) in [5, 5.41) is 0. The maximum absolute atomic E-state index is 12.6. The maximum Gasteiger partial charge on any atom is 0.409 e. The van der Waals surface area contributed by atoms with E-state index >= 15 is 0 Å². The molecule has 3 heterocycles. The van der Waals surface area contributed by atoms with E-state index in [1.165, 1.54) is 0 Å². The van der Waals surface area contributed by atoms with Gasteiger partial charge in [0.2, 0.25) is 5.91 Å². The number of rotatable bonds is 4. The third-order valence-corrected chi connectivity index (χ3v) is 4.78. The van der Waals surface area contributed by atoms with Crippen molar-refractivity contribution in [2.24, 2.45) is 0 Å². The van der Waals surface area contributed by atoms with Gasteiger partial charge in [0.05, 0.1) is 6.04 Å². The van der Waals surface area contributed by atoms with Gasteiger partial charge in [-0.05, 0) is 49.8 Å². The average molecular weight is 343 g/mol. The van der Waals surface area contributed by atoms with Crippen molar-refractivity contribution in [3.63, 3.8) is 0 Å². The van der Waals surface area contributed by atoms with Crippen LogP contribution in [0.25, 0.3) is 6.08 Å². The van der Waals surface area contributed by atoms with Crippen LogP contribution in [0.1, 0.15) is 37.7 Å². The number of hydrogen-bond acceptors (Lipinski definition) is 4. The van der Waals surface area contributed by atoms with Gasteiger partial charge in [-0.2, -0.15) is 0 Å². The molecule has 0 aliphatic carbocycles. The molecule has 1 unspecified atom stereocenters. The van der Waals surface area contributed by atoms with E-state index in [9.17, 15) is 9.59 Å². The smallest absolute Gasteiger partial charge is 0.409 e. The minimum Gasteiger partial charge on any atom is -0.447 e. The third kappa shape index (κ3) is 4.81. The summed E-state index contributed by atoms with van der Waals surface area (Å²) in [6, 6.07) is 3.71. The molecule has 25 heavy (non-hydrogen) atoms. The highest BCUT2D eigenvalue weighted by Gasteiger charge is 2.28. The van der Waals surface area contributed by atoms with E-state index < -0.39 is 0 Å².